The zero-order valence-corrected chi connectivity index (χ0v) is 19.3. The fourth-order valence-corrected chi connectivity index (χ4v) is 5.01. The van der Waals surface area contributed by atoms with Gasteiger partial charge in [-0.1, -0.05) is 30.3 Å². The first-order valence-electron chi connectivity index (χ1n) is 11.0. The first-order valence-corrected chi connectivity index (χ1v) is 11.8. The molecule has 8 heteroatoms. The maximum Gasteiger partial charge on any atom is 0.223 e. The van der Waals surface area contributed by atoms with Crippen molar-refractivity contribution < 1.29 is 9.53 Å². The number of nitrogens with zero attached hydrogens (tertiary/aromatic N) is 5. The van der Waals surface area contributed by atoms with Crippen LogP contribution in [0.3, 0.4) is 0 Å². The van der Waals surface area contributed by atoms with Crippen LogP contribution in [-0.4, -0.2) is 58.4 Å². The summed E-state index contributed by atoms with van der Waals surface area (Å²) in [6.45, 7) is 2.89. The van der Waals surface area contributed by atoms with Gasteiger partial charge in [0.15, 0.2) is 5.82 Å². The van der Waals surface area contributed by atoms with Gasteiger partial charge in [-0.25, -0.2) is 9.97 Å². The van der Waals surface area contributed by atoms with Crippen molar-refractivity contribution in [3.63, 3.8) is 0 Å². The largest absolute Gasteiger partial charge is 0.497 e. The Labute approximate surface area is 196 Å². The van der Waals surface area contributed by atoms with Crippen LogP contribution in [0.4, 0.5) is 5.82 Å². The summed E-state index contributed by atoms with van der Waals surface area (Å²) in [6.07, 6.45) is 2.93. The third-order valence-electron chi connectivity index (χ3n) is 6.00. The van der Waals surface area contributed by atoms with Crippen molar-refractivity contribution in [2.45, 2.75) is 12.8 Å². The molecule has 0 unspecified atom stereocenters. The van der Waals surface area contributed by atoms with Gasteiger partial charge >= 0.3 is 0 Å². The van der Waals surface area contributed by atoms with Crippen LogP contribution in [0.2, 0.25) is 0 Å². The highest BCUT2D eigenvalue weighted by Gasteiger charge is 2.24. The third-order valence-corrected chi connectivity index (χ3v) is 6.84. The summed E-state index contributed by atoms with van der Waals surface area (Å²) in [5, 5.41) is 0. The highest BCUT2D eigenvalue weighted by Crippen LogP contribution is 2.35. The van der Waals surface area contributed by atoms with Crippen molar-refractivity contribution in [1.82, 2.24) is 19.2 Å². The first kappa shape index (κ1) is 21.3. The number of hydrogen-bond donors (Lipinski definition) is 0. The molecule has 0 N–H and O–H groups in total. The van der Waals surface area contributed by atoms with Gasteiger partial charge in [-0.05, 0) is 47.8 Å². The Morgan fingerprint density at radius 2 is 1.76 bits per heavy atom. The molecule has 0 radical (unpaired) electrons. The molecule has 0 saturated carbocycles. The molecule has 168 valence electrons. The Morgan fingerprint density at radius 3 is 2.48 bits per heavy atom. The Kier molecular flexibility index (Phi) is 6.17. The number of amides is 1. The van der Waals surface area contributed by atoms with Crippen LogP contribution in [-0.2, 0) is 11.2 Å². The van der Waals surface area contributed by atoms with E-state index in [4.69, 9.17) is 4.74 Å². The minimum atomic E-state index is 0.214. The number of methoxy groups -OCH3 is 1. The summed E-state index contributed by atoms with van der Waals surface area (Å²) in [4.78, 5) is 26.0. The monoisotopic (exact) mass is 459 g/mol. The molecule has 4 aromatic rings. The van der Waals surface area contributed by atoms with Crippen LogP contribution >= 0.6 is 11.5 Å². The van der Waals surface area contributed by atoms with Crippen molar-refractivity contribution in [2.24, 2.45) is 0 Å². The number of carbonyl (C=O) groups is 1. The number of aryl methyl sites for hydroxylation is 1. The predicted octanol–water partition coefficient (Wildman–Crippen LogP) is 4.04. The minimum absolute atomic E-state index is 0.214. The van der Waals surface area contributed by atoms with E-state index in [-0.39, 0.29) is 5.91 Å². The molecule has 0 spiro atoms. The van der Waals surface area contributed by atoms with E-state index >= 15 is 0 Å². The number of ether oxygens (including phenoxy) is 1. The Bertz CT molecular complexity index is 1230. The maximum atomic E-state index is 12.7. The van der Waals surface area contributed by atoms with Crippen molar-refractivity contribution in [3.05, 3.63) is 66.5 Å². The van der Waals surface area contributed by atoms with Crippen LogP contribution in [0.5, 0.6) is 5.75 Å². The standard InChI is InChI=1S/C25H25N5O2S/c1-32-20-10-8-19(9-11-20)22-23-24(33-28-22)25(27-17-26-23)30-15-13-29(14-16-30)21(31)12-7-18-5-3-2-4-6-18/h2-6,8-11,17H,7,12-16H2,1H3. The average molecular weight is 460 g/mol. The average Bonchev–Trinajstić information content (AvgIpc) is 3.32. The summed E-state index contributed by atoms with van der Waals surface area (Å²) < 4.78 is 10.9. The lowest BCUT2D eigenvalue weighted by molar-refractivity contribution is -0.131. The molecule has 1 fully saturated rings. The molecule has 1 aliphatic heterocycles. The molecular formula is C25H25N5O2S. The molecule has 1 saturated heterocycles. The summed E-state index contributed by atoms with van der Waals surface area (Å²) in [6, 6.07) is 18.0. The van der Waals surface area contributed by atoms with Gasteiger partial charge in [-0.15, -0.1) is 0 Å². The van der Waals surface area contributed by atoms with Gasteiger partial charge in [0, 0.05) is 38.2 Å². The molecule has 7 nitrogen and oxygen atoms in total. The van der Waals surface area contributed by atoms with Gasteiger partial charge in [-0.3, -0.25) is 4.79 Å². The number of anilines is 1. The van der Waals surface area contributed by atoms with Gasteiger partial charge in [-0.2, -0.15) is 4.37 Å². The molecule has 2 aromatic carbocycles. The predicted molar refractivity (Wildman–Crippen MR) is 131 cm³/mol. The van der Waals surface area contributed by atoms with E-state index in [0.717, 1.165) is 52.6 Å². The lowest BCUT2D eigenvalue weighted by atomic mass is 10.1. The summed E-state index contributed by atoms with van der Waals surface area (Å²) in [7, 11) is 1.66. The number of piperazine rings is 1. The summed E-state index contributed by atoms with van der Waals surface area (Å²) in [5.74, 6) is 1.92. The van der Waals surface area contributed by atoms with Gasteiger partial charge in [0.05, 0.1) is 7.11 Å². The highest BCUT2D eigenvalue weighted by atomic mass is 32.1. The van der Waals surface area contributed by atoms with Crippen LogP contribution in [0.1, 0.15) is 12.0 Å². The SMILES string of the molecule is COc1ccc(-c2nsc3c(N4CCN(C(=O)CCc5ccccc5)CC4)ncnc23)cc1. The molecule has 0 bridgehead atoms. The molecule has 1 amide bonds. The van der Waals surface area contributed by atoms with Crippen LogP contribution in [0.15, 0.2) is 60.9 Å². The molecule has 5 rings (SSSR count). The van der Waals surface area contributed by atoms with E-state index < -0.39 is 0 Å². The van der Waals surface area contributed by atoms with Crippen molar-refractivity contribution >= 4 is 33.5 Å². The lowest BCUT2D eigenvalue weighted by Gasteiger charge is -2.35. The van der Waals surface area contributed by atoms with Gasteiger partial charge in [0.25, 0.3) is 0 Å². The van der Waals surface area contributed by atoms with E-state index in [1.54, 1.807) is 13.4 Å². The third kappa shape index (κ3) is 4.52. The molecule has 2 aromatic heterocycles. The summed E-state index contributed by atoms with van der Waals surface area (Å²) >= 11 is 1.42. The summed E-state index contributed by atoms with van der Waals surface area (Å²) in [5.41, 5.74) is 3.92. The zero-order valence-electron chi connectivity index (χ0n) is 18.5. The molecule has 33 heavy (non-hydrogen) atoms. The van der Waals surface area contributed by atoms with Gasteiger partial charge in [0.1, 0.15) is 28.0 Å². The van der Waals surface area contributed by atoms with E-state index in [2.05, 4.69) is 31.4 Å². The van der Waals surface area contributed by atoms with E-state index in [1.807, 2.05) is 47.4 Å². The Hall–Kier alpha value is -3.52. The van der Waals surface area contributed by atoms with Crippen molar-refractivity contribution in [1.29, 1.82) is 0 Å². The molecule has 0 atom stereocenters. The van der Waals surface area contributed by atoms with Gasteiger partial charge < -0.3 is 14.5 Å². The number of rotatable bonds is 6. The van der Waals surface area contributed by atoms with Crippen molar-refractivity contribution in [2.75, 3.05) is 38.2 Å². The smallest absolute Gasteiger partial charge is 0.223 e. The molecule has 0 aliphatic carbocycles. The topological polar surface area (TPSA) is 71.5 Å². The number of hydrogen-bond acceptors (Lipinski definition) is 7. The second kappa shape index (κ2) is 9.54. The normalized spacial score (nSPS) is 14.0. The second-order valence-corrected chi connectivity index (χ2v) is 8.76. The van der Waals surface area contributed by atoms with Crippen LogP contribution in [0, 0.1) is 0 Å². The number of aromatic nitrogens is 3. The van der Waals surface area contributed by atoms with E-state index in [1.165, 1.54) is 17.1 Å². The molecular weight excluding hydrogens is 434 g/mol. The highest BCUT2D eigenvalue weighted by molar-refractivity contribution is 7.14. The fourth-order valence-electron chi connectivity index (χ4n) is 4.14. The number of benzene rings is 2. The quantitative estimate of drug-likeness (QED) is 0.433. The minimum Gasteiger partial charge on any atom is -0.497 e. The zero-order chi connectivity index (χ0) is 22.6. The van der Waals surface area contributed by atoms with Crippen LogP contribution < -0.4 is 9.64 Å². The Morgan fingerprint density at radius 1 is 1.00 bits per heavy atom. The first-order chi connectivity index (χ1) is 16.2. The maximum absolute atomic E-state index is 12.7. The van der Waals surface area contributed by atoms with Crippen molar-refractivity contribution in [3.8, 4) is 17.0 Å². The fraction of sp³-hybridized carbons (Fsp3) is 0.280. The number of carbonyl (C=O) groups excluding carboxylic acids is 1. The molecule has 1 aliphatic rings. The number of fused-ring (bicyclic) bond motifs is 1. The van der Waals surface area contributed by atoms with Gasteiger partial charge in [0.2, 0.25) is 5.91 Å². The Balaban J connectivity index is 1.27. The van der Waals surface area contributed by atoms with E-state index in [0.29, 0.717) is 19.5 Å². The van der Waals surface area contributed by atoms with Crippen LogP contribution in [0.25, 0.3) is 21.5 Å². The molecule has 3 heterocycles. The second-order valence-electron chi connectivity index (χ2n) is 7.99. The lowest BCUT2D eigenvalue weighted by Crippen LogP contribution is -2.49. The van der Waals surface area contributed by atoms with E-state index in [9.17, 15) is 4.79 Å².